The van der Waals surface area contributed by atoms with Gasteiger partial charge in [0.2, 0.25) is 0 Å². The second-order valence-corrected chi connectivity index (χ2v) is 16.0. The van der Waals surface area contributed by atoms with Crippen LogP contribution in [-0.4, -0.2) is 4.57 Å². The van der Waals surface area contributed by atoms with E-state index >= 15 is 0 Å². The Kier molecular flexibility index (Phi) is 8.28. The van der Waals surface area contributed by atoms with Gasteiger partial charge in [0.25, 0.3) is 0 Å². The summed E-state index contributed by atoms with van der Waals surface area (Å²) in [6.07, 6.45) is 0. The molecule has 0 radical (unpaired) electrons. The van der Waals surface area contributed by atoms with Gasteiger partial charge in [0.1, 0.15) is 0 Å². The average molecular weight is 777 g/mol. The first-order valence-corrected chi connectivity index (χ1v) is 21.1. The molecule has 1 aliphatic carbocycles. The molecule has 0 aliphatic heterocycles. The van der Waals surface area contributed by atoms with Crippen LogP contribution in [0.1, 0.15) is 22.6 Å². The van der Waals surface area contributed by atoms with Crippen LogP contribution in [0.5, 0.6) is 0 Å². The predicted octanol–water partition coefficient (Wildman–Crippen LogP) is 15.9. The number of anilines is 3. The monoisotopic (exact) mass is 776 g/mol. The number of para-hydroxylation sites is 4. The summed E-state index contributed by atoms with van der Waals surface area (Å²) in [5.41, 5.74) is 18.3. The third-order valence-electron chi connectivity index (χ3n) is 12.7. The van der Waals surface area contributed by atoms with E-state index in [4.69, 9.17) is 0 Å². The topological polar surface area (TPSA) is 8.17 Å². The molecule has 1 aliphatic rings. The molecule has 0 fully saturated rings. The summed E-state index contributed by atoms with van der Waals surface area (Å²) in [4.78, 5) is 2.45. The Morgan fingerprint density at radius 2 is 0.885 bits per heavy atom. The standard InChI is InChI=1S/C59H40N2/c1-2-17-45(18-3-1)61-56-27-12-10-21-51(56)54-26-14-25-48(59(54)61)42-33-37-47(38-34-42)60(46-35-31-41(32-36-46)44-30-29-40-15-4-5-16-43(40)39-44)57-28-13-11-24-55(57)58-52-22-8-6-19-49(52)50-20-7-9-23-53(50)58/h1-39,58H. The van der Waals surface area contributed by atoms with Crippen molar-refractivity contribution in [2.75, 3.05) is 4.90 Å². The first-order chi connectivity index (χ1) is 30.3. The number of nitrogens with zero attached hydrogens (tertiary/aromatic N) is 2. The Morgan fingerprint density at radius 3 is 1.62 bits per heavy atom. The highest BCUT2D eigenvalue weighted by Crippen LogP contribution is 2.51. The van der Waals surface area contributed by atoms with E-state index in [1.54, 1.807) is 0 Å². The molecule has 11 aromatic rings. The zero-order valence-electron chi connectivity index (χ0n) is 33.5. The van der Waals surface area contributed by atoms with Crippen molar-refractivity contribution >= 4 is 49.6 Å². The fourth-order valence-corrected chi connectivity index (χ4v) is 9.91. The third kappa shape index (κ3) is 5.79. The SMILES string of the molecule is c1ccc(-n2c3ccccc3c3cccc(-c4ccc(N(c5ccc(-c6ccc7ccccc7c6)cc5)c5ccccc5C5c6ccccc6-c6ccccc65)cc4)c32)cc1. The van der Waals surface area contributed by atoms with E-state index in [9.17, 15) is 0 Å². The highest BCUT2D eigenvalue weighted by Gasteiger charge is 2.32. The number of rotatable bonds is 7. The largest absolute Gasteiger partial charge is 0.310 e. The molecule has 0 unspecified atom stereocenters. The summed E-state index contributed by atoms with van der Waals surface area (Å²) in [5, 5.41) is 5.00. The molecule has 0 saturated carbocycles. The van der Waals surface area contributed by atoms with Crippen molar-refractivity contribution in [3.05, 3.63) is 253 Å². The minimum absolute atomic E-state index is 0.0970. The van der Waals surface area contributed by atoms with Crippen molar-refractivity contribution in [2.45, 2.75) is 5.92 Å². The molecule has 10 aromatic carbocycles. The Labute approximate surface area is 355 Å². The highest BCUT2D eigenvalue weighted by molar-refractivity contribution is 6.13. The minimum atomic E-state index is 0.0970. The van der Waals surface area contributed by atoms with Crippen LogP contribution in [0.4, 0.5) is 17.1 Å². The van der Waals surface area contributed by atoms with Crippen molar-refractivity contribution < 1.29 is 0 Å². The Bertz CT molecular complexity index is 3370. The van der Waals surface area contributed by atoms with Crippen LogP contribution >= 0.6 is 0 Å². The maximum atomic E-state index is 2.45. The van der Waals surface area contributed by atoms with Gasteiger partial charge in [-0.15, -0.1) is 0 Å². The molecule has 2 nitrogen and oxygen atoms in total. The summed E-state index contributed by atoms with van der Waals surface area (Å²) in [6, 6.07) is 86.7. The fourth-order valence-electron chi connectivity index (χ4n) is 9.91. The first-order valence-electron chi connectivity index (χ1n) is 21.1. The molecule has 2 heteroatoms. The first kappa shape index (κ1) is 35.0. The van der Waals surface area contributed by atoms with Gasteiger partial charge in [-0.1, -0.05) is 182 Å². The summed E-state index contributed by atoms with van der Waals surface area (Å²) in [6.45, 7) is 0. The lowest BCUT2D eigenvalue weighted by Gasteiger charge is -2.30. The van der Waals surface area contributed by atoms with Crippen LogP contribution in [0.15, 0.2) is 237 Å². The van der Waals surface area contributed by atoms with Gasteiger partial charge in [-0.2, -0.15) is 0 Å². The Balaban J connectivity index is 1.02. The Morgan fingerprint density at radius 1 is 0.344 bits per heavy atom. The molecule has 61 heavy (non-hydrogen) atoms. The molecule has 0 N–H and O–H groups in total. The van der Waals surface area contributed by atoms with Gasteiger partial charge < -0.3 is 9.47 Å². The van der Waals surface area contributed by atoms with E-state index in [0.29, 0.717) is 0 Å². The van der Waals surface area contributed by atoms with E-state index in [1.165, 1.54) is 82.6 Å². The molecule has 1 aromatic heterocycles. The smallest absolute Gasteiger partial charge is 0.0619 e. The highest BCUT2D eigenvalue weighted by atomic mass is 15.1. The lowest BCUT2D eigenvalue weighted by molar-refractivity contribution is 1.01. The summed E-state index contributed by atoms with van der Waals surface area (Å²) < 4.78 is 2.42. The molecule has 12 rings (SSSR count). The summed E-state index contributed by atoms with van der Waals surface area (Å²) in [7, 11) is 0. The maximum Gasteiger partial charge on any atom is 0.0619 e. The van der Waals surface area contributed by atoms with Crippen LogP contribution in [-0.2, 0) is 0 Å². The molecule has 1 heterocycles. The normalized spacial score (nSPS) is 12.2. The molecule has 0 spiro atoms. The van der Waals surface area contributed by atoms with Crippen molar-refractivity contribution in [1.82, 2.24) is 4.57 Å². The van der Waals surface area contributed by atoms with Gasteiger partial charge in [-0.05, 0) is 110 Å². The second kappa shape index (κ2) is 14.4. The van der Waals surface area contributed by atoms with E-state index in [0.717, 1.165) is 22.7 Å². The Hall–Kier alpha value is -7.94. The van der Waals surface area contributed by atoms with Crippen LogP contribution in [0, 0.1) is 0 Å². The van der Waals surface area contributed by atoms with E-state index in [-0.39, 0.29) is 5.92 Å². The molecule has 0 amide bonds. The quantitative estimate of drug-likeness (QED) is 0.156. The minimum Gasteiger partial charge on any atom is -0.310 e. The van der Waals surface area contributed by atoms with Crippen molar-refractivity contribution in [3.63, 3.8) is 0 Å². The summed E-state index contributed by atoms with van der Waals surface area (Å²) in [5.74, 6) is 0.0970. The van der Waals surface area contributed by atoms with Gasteiger partial charge >= 0.3 is 0 Å². The average Bonchev–Trinajstić information content (AvgIpc) is 3.86. The van der Waals surface area contributed by atoms with Crippen molar-refractivity contribution in [1.29, 1.82) is 0 Å². The molecule has 0 bridgehead atoms. The van der Waals surface area contributed by atoms with Gasteiger partial charge in [0.15, 0.2) is 0 Å². The number of fused-ring (bicyclic) bond motifs is 7. The number of hydrogen-bond acceptors (Lipinski definition) is 1. The molecular formula is C59H40N2. The lowest BCUT2D eigenvalue weighted by Crippen LogP contribution is -2.14. The second-order valence-electron chi connectivity index (χ2n) is 16.0. The number of hydrogen-bond donors (Lipinski definition) is 0. The molecule has 0 saturated heterocycles. The van der Waals surface area contributed by atoms with E-state index < -0.39 is 0 Å². The lowest BCUT2D eigenvalue weighted by atomic mass is 9.87. The van der Waals surface area contributed by atoms with E-state index in [2.05, 4.69) is 246 Å². The van der Waals surface area contributed by atoms with Crippen LogP contribution in [0.2, 0.25) is 0 Å². The predicted molar refractivity (Wildman–Crippen MR) is 257 cm³/mol. The third-order valence-corrected chi connectivity index (χ3v) is 12.7. The van der Waals surface area contributed by atoms with Crippen molar-refractivity contribution in [3.8, 4) is 39.1 Å². The zero-order chi connectivity index (χ0) is 40.3. The van der Waals surface area contributed by atoms with Gasteiger partial charge in [-0.25, -0.2) is 0 Å². The van der Waals surface area contributed by atoms with E-state index in [1.807, 2.05) is 0 Å². The maximum absolute atomic E-state index is 2.45. The van der Waals surface area contributed by atoms with Crippen molar-refractivity contribution in [2.24, 2.45) is 0 Å². The number of benzene rings is 10. The molecule has 286 valence electrons. The van der Waals surface area contributed by atoms with Gasteiger partial charge in [0, 0.05) is 39.3 Å². The van der Waals surface area contributed by atoms with Gasteiger partial charge in [0.05, 0.1) is 16.7 Å². The fraction of sp³-hybridized carbons (Fsp3) is 0.0169. The molecular weight excluding hydrogens is 737 g/mol. The van der Waals surface area contributed by atoms with Crippen LogP contribution in [0.3, 0.4) is 0 Å². The zero-order valence-corrected chi connectivity index (χ0v) is 33.5. The molecule has 0 atom stereocenters. The van der Waals surface area contributed by atoms with Crippen LogP contribution in [0.25, 0.3) is 71.6 Å². The van der Waals surface area contributed by atoms with Gasteiger partial charge in [-0.3, -0.25) is 0 Å². The number of aromatic nitrogens is 1. The van der Waals surface area contributed by atoms with Crippen LogP contribution < -0.4 is 4.90 Å². The summed E-state index contributed by atoms with van der Waals surface area (Å²) >= 11 is 0.